The monoisotopic (exact) mass is 500 g/mol. The number of fused-ring (bicyclic) bond motifs is 1. The van der Waals surface area contributed by atoms with E-state index in [0.29, 0.717) is 37.4 Å². The number of H-pyrrole nitrogens is 1. The minimum Gasteiger partial charge on any atom is -0.467 e. The molecule has 0 aliphatic heterocycles. The summed E-state index contributed by atoms with van der Waals surface area (Å²) in [6, 6.07) is 16.0. The highest BCUT2D eigenvalue weighted by molar-refractivity contribution is 5.82. The molecule has 9 heteroatoms. The molecule has 3 aromatic heterocycles. The molecule has 2 aromatic carbocycles. The van der Waals surface area contributed by atoms with Crippen LogP contribution in [-0.4, -0.2) is 30.1 Å². The van der Waals surface area contributed by atoms with E-state index in [0.717, 1.165) is 33.4 Å². The number of nitrogens with zero attached hydrogens (tertiary/aromatic N) is 5. The largest absolute Gasteiger partial charge is 0.467 e. The third-order valence-electron chi connectivity index (χ3n) is 6.61. The van der Waals surface area contributed by atoms with Gasteiger partial charge >= 0.3 is 0 Å². The first-order valence-electron chi connectivity index (χ1n) is 12.3. The number of aryl methyl sites for hydroxylation is 2. The molecule has 0 saturated heterocycles. The standard InChI is InChI=1S/C28H29FN6O2/c1-4-25(27-31-32-33-35(27)17-24-6-5-11-37-24)34(15-20-7-9-23(29)10-8-20)16-22-14-21-13-18(2)12-19(3)26(21)30-28(22)36/h5-14,25H,4,15-17H2,1-3H3,(H,30,36). The van der Waals surface area contributed by atoms with E-state index in [2.05, 4.69) is 44.5 Å². The third-order valence-corrected chi connectivity index (χ3v) is 6.61. The van der Waals surface area contributed by atoms with Gasteiger partial charge in [-0.25, -0.2) is 9.07 Å². The van der Waals surface area contributed by atoms with Crippen LogP contribution in [0.15, 0.2) is 70.1 Å². The lowest BCUT2D eigenvalue weighted by molar-refractivity contribution is 0.161. The van der Waals surface area contributed by atoms with E-state index < -0.39 is 0 Å². The van der Waals surface area contributed by atoms with Crippen LogP contribution in [0, 0.1) is 19.7 Å². The molecule has 1 N–H and O–H groups in total. The van der Waals surface area contributed by atoms with Gasteiger partial charge < -0.3 is 9.40 Å². The predicted molar refractivity (Wildman–Crippen MR) is 138 cm³/mol. The van der Waals surface area contributed by atoms with E-state index in [4.69, 9.17) is 4.42 Å². The first-order valence-corrected chi connectivity index (χ1v) is 12.3. The summed E-state index contributed by atoms with van der Waals surface area (Å²) in [5.41, 5.74) is 4.45. The molecule has 5 aromatic rings. The molecule has 3 heterocycles. The zero-order valence-electron chi connectivity index (χ0n) is 21.1. The van der Waals surface area contributed by atoms with Crippen molar-refractivity contribution >= 4 is 10.9 Å². The molecule has 8 nitrogen and oxygen atoms in total. The van der Waals surface area contributed by atoms with Crippen LogP contribution in [0.1, 0.15) is 53.2 Å². The maximum Gasteiger partial charge on any atom is 0.252 e. The first kappa shape index (κ1) is 24.6. The maximum atomic E-state index is 13.6. The van der Waals surface area contributed by atoms with Gasteiger partial charge in [0, 0.05) is 18.7 Å². The highest BCUT2D eigenvalue weighted by atomic mass is 19.1. The summed E-state index contributed by atoms with van der Waals surface area (Å²) in [7, 11) is 0. The summed E-state index contributed by atoms with van der Waals surface area (Å²) >= 11 is 0. The Hall–Kier alpha value is -4.11. The van der Waals surface area contributed by atoms with E-state index in [1.54, 1.807) is 23.1 Å². The Labute approximate surface area is 213 Å². The molecule has 0 saturated carbocycles. The van der Waals surface area contributed by atoms with Gasteiger partial charge in [0.25, 0.3) is 5.56 Å². The van der Waals surface area contributed by atoms with Crippen molar-refractivity contribution in [2.24, 2.45) is 0 Å². The fourth-order valence-corrected chi connectivity index (χ4v) is 4.89. The highest BCUT2D eigenvalue weighted by Gasteiger charge is 2.26. The van der Waals surface area contributed by atoms with E-state index in [-0.39, 0.29) is 17.4 Å². The second-order valence-corrected chi connectivity index (χ2v) is 9.40. The molecular formula is C28H29FN6O2. The zero-order valence-corrected chi connectivity index (χ0v) is 21.1. The number of aromatic amines is 1. The molecule has 0 radical (unpaired) electrons. The van der Waals surface area contributed by atoms with Crippen molar-refractivity contribution in [3.63, 3.8) is 0 Å². The van der Waals surface area contributed by atoms with Crippen molar-refractivity contribution < 1.29 is 8.81 Å². The Balaban J connectivity index is 1.54. The Morgan fingerprint density at radius 2 is 1.92 bits per heavy atom. The van der Waals surface area contributed by atoms with E-state index in [1.165, 1.54) is 12.1 Å². The minimum absolute atomic E-state index is 0.131. The number of furan rings is 1. The molecular weight excluding hydrogens is 471 g/mol. The first-order chi connectivity index (χ1) is 17.9. The number of hydrogen-bond donors (Lipinski definition) is 1. The van der Waals surface area contributed by atoms with Gasteiger partial charge in [-0.1, -0.05) is 30.7 Å². The molecule has 1 unspecified atom stereocenters. The van der Waals surface area contributed by atoms with Gasteiger partial charge in [-0.3, -0.25) is 9.69 Å². The molecule has 0 amide bonds. The van der Waals surface area contributed by atoms with Crippen LogP contribution >= 0.6 is 0 Å². The van der Waals surface area contributed by atoms with Crippen molar-refractivity contribution in [1.29, 1.82) is 0 Å². The van der Waals surface area contributed by atoms with Crippen LogP contribution in [0.4, 0.5) is 4.39 Å². The number of benzene rings is 2. The molecule has 5 rings (SSSR count). The maximum absolute atomic E-state index is 13.6. The number of rotatable bonds is 9. The molecule has 0 aliphatic carbocycles. The Kier molecular flexibility index (Phi) is 6.96. The number of nitrogens with one attached hydrogen (secondary N) is 1. The van der Waals surface area contributed by atoms with Gasteiger partial charge in [-0.15, -0.1) is 5.10 Å². The smallest absolute Gasteiger partial charge is 0.252 e. The molecule has 190 valence electrons. The van der Waals surface area contributed by atoms with Crippen LogP contribution < -0.4 is 5.56 Å². The number of pyridine rings is 1. The van der Waals surface area contributed by atoms with Crippen LogP contribution in [0.3, 0.4) is 0 Å². The summed E-state index contributed by atoms with van der Waals surface area (Å²) in [4.78, 5) is 18.4. The summed E-state index contributed by atoms with van der Waals surface area (Å²) in [6.07, 6.45) is 2.32. The molecule has 37 heavy (non-hydrogen) atoms. The Morgan fingerprint density at radius 3 is 2.65 bits per heavy atom. The lowest BCUT2D eigenvalue weighted by Crippen LogP contribution is -2.32. The lowest BCUT2D eigenvalue weighted by atomic mass is 10.0. The van der Waals surface area contributed by atoms with Crippen molar-refractivity contribution in [2.75, 3.05) is 0 Å². The van der Waals surface area contributed by atoms with Crippen molar-refractivity contribution in [2.45, 2.75) is 52.9 Å². The Morgan fingerprint density at radius 1 is 1.11 bits per heavy atom. The van der Waals surface area contributed by atoms with Gasteiger partial charge in [0.2, 0.25) is 0 Å². The van der Waals surface area contributed by atoms with E-state index in [9.17, 15) is 9.18 Å². The Bertz CT molecular complexity index is 1560. The van der Waals surface area contributed by atoms with Crippen LogP contribution in [0.2, 0.25) is 0 Å². The topological polar surface area (TPSA) is 92.8 Å². The molecule has 0 fully saturated rings. The second kappa shape index (κ2) is 10.5. The van der Waals surface area contributed by atoms with Gasteiger partial charge in [-0.2, -0.15) is 0 Å². The lowest BCUT2D eigenvalue weighted by Gasteiger charge is -2.30. The molecule has 0 spiro atoms. The molecule has 0 bridgehead atoms. The van der Waals surface area contributed by atoms with Gasteiger partial charge in [-0.05, 0) is 83.6 Å². The summed E-state index contributed by atoms with van der Waals surface area (Å²) in [6.45, 7) is 7.34. The summed E-state index contributed by atoms with van der Waals surface area (Å²) in [5, 5.41) is 13.5. The van der Waals surface area contributed by atoms with Crippen LogP contribution in [-0.2, 0) is 19.6 Å². The normalized spacial score (nSPS) is 12.5. The third kappa shape index (κ3) is 5.36. The van der Waals surface area contributed by atoms with E-state index in [1.807, 2.05) is 32.0 Å². The van der Waals surface area contributed by atoms with Crippen LogP contribution in [0.5, 0.6) is 0 Å². The average molecular weight is 501 g/mol. The van der Waals surface area contributed by atoms with Crippen LogP contribution in [0.25, 0.3) is 10.9 Å². The fraction of sp³-hybridized carbons (Fsp3) is 0.286. The number of tetrazole rings is 1. The zero-order chi connectivity index (χ0) is 25.9. The van der Waals surface area contributed by atoms with Gasteiger partial charge in [0.1, 0.15) is 18.1 Å². The van der Waals surface area contributed by atoms with Crippen molar-refractivity contribution in [3.05, 3.63) is 111 Å². The van der Waals surface area contributed by atoms with Gasteiger partial charge in [0.15, 0.2) is 5.82 Å². The van der Waals surface area contributed by atoms with Crippen molar-refractivity contribution in [1.82, 2.24) is 30.1 Å². The van der Waals surface area contributed by atoms with Crippen molar-refractivity contribution in [3.8, 4) is 0 Å². The summed E-state index contributed by atoms with van der Waals surface area (Å²) < 4.78 is 20.8. The number of hydrogen-bond acceptors (Lipinski definition) is 6. The quantitative estimate of drug-likeness (QED) is 0.304. The average Bonchev–Trinajstić information content (AvgIpc) is 3.55. The second-order valence-electron chi connectivity index (χ2n) is 9.40. The van der Waals surface area contributed by atoms with Gasteiger partial charge in [0.05, 0.1) is 17.8 Å². The summed E-state index contributed by atoms with van der Waals surface area (Å²) in [5.74, 6) is 1.12. The molecule has 1 atom stereocenters. The SMILES string of the molecule is CCC(c1nnnn1Cc1ccco1)N(Cc1ccc(F)cc1)Cc1cc2cc(C)cc(C)c2[nH]c1=O. The molecule has 0 aliphatic rings. The minimum atomic E-state index is -0.290. The fourth-order valence-electron chi connectivity index (χ4n) is 4.89. The number of halogens is 1. The number of aromatic nitrogens is 5. The predicted octanol–water partition coefficient (Wildman–Crippen LogP) is 5.07. The highest BCUT2D eigenvalue weighted by Crippen LogP contribution is 2.27. The van der Waals surface area contributed by atoms with E-state index >= 15 is 0 Å².